The largest absolute Gasteiger partial charge is 0.354 e. The van der Waals surface area contributed by atoms with Crippen molar-refractivity contribution in [3.8, 4) is 0 Å². The van der Waals surface area contributed by atoms with Crippen LogP contribution < -0.4 is 10.6 Å². The molecule has 0 saturated carbocycles. The minimum absolute atomic E-state index is 0.213. The maximum absolute atomic E-state index is 13.6. The van der Waals surface area contributed by atoms with Gasteiger partial charge in [0.15, 0.2) is 0 Å². The van der Waals surface area contributed by atoms with Crippen molar-refractivity contribution in [1.29, 1.82) is 0 Å². The van der Waals surface area contributed by atoms with Crippen LogP contribution in [0.4, 0.5) is 10.3 Å². The third-order valence-corrected chi connectivity index (χ3v) is 3.26. The Labute approximate surface area is 135 Å². The van der Waals surface area contributed by atoms with Crippen molar-refractivity contribution in [2.24, 2.45) is 0 Å². The number of carbonyl (C=O) groups excluding carboxylic acids is 1. The summed E-state index contributed by atoms with van der Waals surface area (Å²) in [6, 6.07) is 8.30. The summed E-state index contributed by atoms with van der Waals surface area (Å²) in [6.45, 7) is 4.89. The molecule has 23 heavy (non-hydrogen) atoms. The van der Waals surface area contributed by atoms with Crippen LogP contribution in [0, 0.1) is 12.7 Å². The van der Waals surface area contributed by atoms with Crippen LogP contribution in [0.1, 0.15) is 35.1 Å². The number of nitrogens with one attached hydrogen (secondary N) is 2. The zero-order valence-electron chi connectivity index (χ0n) is 13.4. The zero-order chi connectivity index (χ0) is 16.7. The van der Waals surface area contributed by atoms with Gasteiger partial charge in [-0.3, -0.25) is 4.79 Å². The van der Waals surface area contributed by atoms with Gasteiger partial charge in [0.1, 0.15) is 11.5 Å². The third-order valence-electron chi connectivity index (χ3n) is 3.26. The van der Waals surface area contributed by atoms with Crippen molar-refractivity contribution in [3.05, 3.63) is 53.1 Å². The van der Waals surface area contributed by atoms with E-state index in [-0.39, 0.29) is 11.7 Å². The Morgan fingerprint density at radius 3 is 2.74 bits per heavy atom. The van der Waals surface area contributed by atoms with Gasteiger partial charge in [-0.15, -0.1) is 0 Å². The first-order valence-corrected chi connectivity index (χ1v) is 7.71. The zero-order valence-corrected chi connectivity index (χ0v) is 13.4. The van der Waals surface area contributed by atoms with Crippen molar-refractivity contribution in [3.63, 3.8) is 0 Å². The van der Waals surface area contributed by atoms with Gasteiger partial charge in [-0.2, -0.15) is 0 Å². The number of benzene rings is 1. The second-order valence-corrected chi connectivity index (χ2v) is 5.24. The van der Waals surface area contributed by atoms with Crippen LogP contribution in [-0.4, -0.2) is 29.0 Å². The van der Waals surface area contributed by atoms with E-state index in [9.17, 15) is 9.18 Å². The highest BCUT2D eigenvalue weighted by Gasteiger charge is 2.10. The lowest BCUT2D eigenvalue weighted by atomic mass is 10.1. The molecule has 6 heteroatoms. The average Bonchev–Trinajstić information content (AvgIpc) is 2.54. The summed E-state index contributed by atoms with van der Waals surface area (Å²) in [7, 11) is 0. The average molecular weight is 316 g/mol. The Kier molecular flexibility index (Phi) is 6.02. The molecule has 1 aromatic heterocycles. The third kappa shape index (κ3) is 5.02. The van der Waals surface area contributed by atoms with E-state index < -0.39 is 0 Å². The summed E-state index contributed by atoms with van der Waals surface area (Å²) in [6.07, 6.45) is 1.38. The molecule has 0 radical (unpaired) electrons. The molecule has 2 N–H and O–H groups in total. The van der Waals surface area contributed by atoms with Gasteiger partial charge < -0.3 is 10.6 Å². The van der Waals surface area contributed by atoms with E-state index in [2.05, 4.69) is 20.6 Å². The molecule has 5 nitrogen and oxygen atoms in total. The molecule has 2 rings (SSSR count). The Balaban J connectivity index is 1.98. The number of hydrogen-bond acceptors (Lipinski definition) is 4. The van der Waals surface area contributed by atoms with Gasteiger partial charge in [0.2, 0.25) is 5.95 Å². The van der Waals surface area contributed by atoms with E-state index in [0.29, 0.717) is 42.4 Å². The normalized spacial score (nSPS) is 10.4. The fourth-order valence-electron chi connectivity index (χ4n) is 2.10. The fraction of sp³-hybridized carbons (Fsp3) is 0.353. The molecule has 0 saturated heterocycles. The van der Waals surface area contributed by atoms with Gasteiger partial charge in [-0.25, -0.2) is 14.4 Å². The van der Waals surface area contributed by atoms with Gasteiger partial charge in [0, 0.05) is 18.8 Å². The number of aryl methyl sites for hydroxylation is 1. The van der Waals surface area contributed by atoms with E-state index in [1.165, 1.54) is 6.07 Å². The van der Waals surface area contributed by atoms with Crippen LogP contribution >= 0.6 is 0 Å². The van der Waals surface area contributed by atoms with Gasteiger partial charge in [-0.1, -0.05) is 25.1 Å². The quantitative estimate of drug-likeness (QED) is 0.824. The van der Waals surface area contributed by atoms with Crippen LogP contribution in [0.3, 0.4) is 0 Å². The molecule has 0 bridgehead atoms. The molecule has 122 valence electrons. The summed E-state index contributed by atoms with van der Waals surface area (Å²) in [5.41, 5.74) is 1.67. The molecular formula is C17H21FN4O. The highest BCUT2D eigenvalue weighted by molar-refractivity contribution is 5.92. The summed E-state index contributed by atoms with van der Waals surface area (Å²) in [5, 5.41) is 5.83. The lowest BCUT2D eigenvalue weighted by Gasteiger charge is -2.09. The molecule has 1 amide bonds. The summed E-state index contributed by atoms with van der Waals surface area (Å²) >= 11 is 0. The molecule has 0 atom stereocenters. The molecular weight excluding hydrogens is 295 g/mol. The minimum atomic E-state index is -0.223. The Morgan fingerprint density at radius 2 is 2.00 bits per heavy atom. The molecule has 1 aromatic carbocycles. The highest BCUT2D eigenvalue weighted by atomic mass is 19.1. The van der Waals surface area contributed by atoms with Crippen molar-refractivity contribution in [1.82, 2.24) is 15.3 Å². The summed E-state index contributed by atoms with van der Waals surface area (Å²) in [5.74, 6) is -0.0587. The first-order chi connectivity index (χ1) is 11.1. The smallest absolute Gasteiger partial charge is 0.270 e. The number of amides is 1. The van der Waals surface area contributed by atoms with E-state index in [4.69, 9.17) is 0 Å². The van der Waals surface area contributed by atoms with Crippen molar-refractivity contribution in [2.45, 2.75) is 26.7 Å². The van der Waals surface area contributed by atoms with Crippen LogP contribution in [0.15, 0.2) is 30.3 Å². The Bertz CT molecular complexity index is 675. The number of aromatic nitrogens is 2. The standard InChI is InChI=1S/C17H21FN4O/c1-3-9-19-16(23)15-11-12(2)21-17(22-15)20-10-8-13-6-4-5-7-14(13)18/h4-7,11H,3,8-10H2,1-2H3,(H,19,23)(H,20,21,22). The van der Waals surface area contributed by atoms with Crippen molar-refractivity contribution < 1.29 is 9.18 Å². The predicted molar refractivity (Wildman–Crippen MR) is 88.0 cm³/mol. The SMILES string of the molecule is CCCNC(=O)c1cc(C)nc(NCCc2ccccc2F)n1. The molecule has 2 aromatic rings. The topological polar surface area (TPSA) is 66.9 Å². The second kappa shape index (κ2) is 8.22. The molecule has 0 spiro atoms. The van der Waals surface area contributed by atoms with Gasteiger partial charge in [-0.05, 0) is 37.5 Å². The van der Waals surface area contributed by atoms with Gasteiger partial charge >= 0.3 is 0 Å². The molecule has 0 fully saturated rings. The number of anilines is 1. The maximum Gasteiger partial charge on any atom is 0.270 e. The Morgan fingerprint density at radius 1 is 1.22 bits per heavy atom. The second-order valence-electron chi connectivity index (χ2n) is 5.24. The van der Waals surface area contributed by atoms with Crippen LogP contribution in [0.5, 0.6) is 0 Å². The lowest BCUT2D eigenvalue weighted by molar-refractivity contribution is 0.0948. The van der Waals surface area contributed by atoms with Crippen LogP contribution in [0.25, 0.3) is 0 Å². The van der Waals surface area contributed by atoms with E-state index in [0.717, 1.165) is 6.42 Å². The Hall–Kier alpha value is -2.50. The molecule has 1 heterocycles. The molecule has 0 aliphatic carbocycles. The molecule has 0 aliphatic rings. The predicted octanol–water partition coefficient (Wildman–Crippen LogP) is 2.72. The van der Waals surface area contributed by atoms with Crippen LogP contribution in [-0.2, 0) is 6.42 Å². The molecule has 0 unspecified atom stereocenters. The van der Waals surface area contributed by atoms with Gasteiger partial charge in [0.25, 0.3) is 5.91 Å². The number of halogens is 1. The van der Waals surface area contributed by atoms with E-state index in [1.54, 1.807) is 31.2 Å². The highest BCUT2D eigenvalue weighted by Crippen LogP contribution is 2.09. The van der Waals surface area contributed by atoms with Crippen LogP contribution in [0.2, 0.25) is 0 Å². The summed E-state index contributed by atoms with van der Waals surface area (Å²) in [4.78, 5) is 20.4. The number of carbonyl (C=O) groups is 1. The van der Waals surface area contributed by atoms with E-state index in [1.807, 2.05) is 6.92 Å². The minimum Gasteiger partial charge on any atom is -0.354 e. The summed E-state index contributed by atoms with van der Waals surface area (Å²) < 4.78 is 13.6. The van der Waals surface area contributed by atoms with Crippen molar-refractivity contribution >= 4 is 11.9 Å². The maximum atomic E-state index is 13.6. The van der Waals surface area contributed by atoms with E-state index >= 15 is 0 Å². The molecule has 0 aliphatic heterocycles. The van der Waals surface area contributed by atoms with Crippen molar-refractivity contribution in [2.75, 3.05) is 18.4 Å². The van der Waals surface area contributed by atoms with Gasteiger partial charge in [0.05, 0.1) is 0 Å². The number of rotatable bonds is 7. The first-order valence-electron chi connectivity index (χ1n) is 7.71. The lowest BCUT2D eigenvalue weighted by Crippen LogP contribution is -2.25. The first kappa shape index (κ1) is 16.9. The number of hydrogen-bond donors (Lipinski definition) is 2. The number of nitrogens with zero attached hydrogens (tertiary/aromatic N) is 2. The monoisotopic (exact) mass is 316 g/mol. The fourth-order valence-corrected chi connectivity index (χ4v) is 2.10.